The number of ether oxygens (including phenoxy) is 2. The van der Waals surface area contributed by atoms with Crippen molar-refractivity contribution in [2.75, 3.05) is 13.2 Å². The Morgan fingerprint density at radius 3 is 2.00 bits per heavy atom. The Balaban J connectivity index is 1.33. The zero-order valence-electron chi connectivity index (χ0n) is 25.1. The van der Waals surface area contributed by atoms with Crippen molar-refractivity contribution < 1.29 is 22.6 Å². The van der Waals surface area contributed by atoms with Gasteiger partial charge in [-0.25, -0.2) is 13.2 Å². The lowest BCUT2D eigenvalue weighted by Crippen LogP contribution is -2.30. The summed E-state index contributed by atoms with van der Waals surface area (Å²) in [4.78, 5) is 0. The summed E-state index contributed by atoms with van der Waals surface area (Å²) in [5.74, 6) is -1.94. The molecule has 42 heavy (non-hydrogen) atoms. The Bertz CT molecular complexity index is 1280. The van der Waals surface area contributed by atoms with E-state index >= 15 is 8.78 Å². The van der Waals surface area contributed by atoms with E-state index in [-0.39, 0.29) is 23.6 Å². The number of benzene rings is 3. The third-order valence-corrected chi connectivity index (χ3v) is 8.20. The van der Waals surface area contributed by atoms with Gasteiger partial charge in [0.25, 0.3) is 0 Å². The molecule has 1 aliphatic heterocycles. The van der Waals surface area contributed by atoms with Crippen molar-refractivity contribution in [1.29, 1.82) is 0 Å². The quantitative estimate of drug-likeness (QED) is 0.132. The van der Waals surface area contributed by atoms with Gasteiger partial charge in [0, 0.05) is 23.5 Å². The molecule has 3 aromatic rings. The molecule has 1 aliphatic rings. The zero-order valence-corrected chi connectivity index (χ0v) is 25.1. The van der Waals surface area contributed by atoms with E-state index in [2.05, 4.69) is 13.0 Å². The number of unbranched alkanes of at least 4 members (excludes halogenated alkanes) is 7. The van der Waals surface area contributed by atoms with Crippen LogP contribution in [0, 0.1) is 17.5 Å². The highest BCUT2D eigenvalue weighted by Gasteiger charge is 2.24. The summed E-state index contributed by atoms with van der Waals surface area (Å²) >= 11 is 0. The molecular weight excluding hydrogens is 533 g/mol. The molecule has 0 unspecified atom stereocenters. The van der Waals surface area contributed by atoms with Gasteiger partial charge in [-0.2, -0.15) is 0 Å². The van der Waals surface area contributed by atoms with Gasteiger partial charge < -0.3 is 9.47 Å². The van der Waals surface area contributed by atoms with Crippen molar-refractivity contribution in [3.63, 3.8) is 0 Å². The standard InChI is InChI=1S/C37H45F3O2/c1-3-5-7-8-9-10-11-13-14-29-20-23-33(37(40)36(29)39)28-18-16-27(17-19-28)32-22-21-30(24-34(32)38)31-25-41-35(42-26-31)15-12-6-4-2/h4,6,16-24,31,35H,3,5,7-15,25-26H2,1-2H3. The number of halogens is 3. The van der Waals surface area contributed by atoms with Gasteiger partial charge in [-0.15, -0.1) is 0 Å². The molecule has 0 N–H and O–H groups in total. The second-order valence-corrected chi connectivity index (χ2v) is 11.4. The van der Waals surface area contributed by atoms with E-state index in [0.717, 1.165) is 37.7 Å². The van der Waals surface area contributed by atoms with Gasteiger partial charge in [0.15, 0.2) is 17.9 Å². The van der Waals surface area contributed by atoms with Crippen LogP contribution in [0.15, 0.2) is 66.7 Å². The molecule has 1 heterocycles. The van der Waals surface area contributed by atoms with Crippen molar-refractivity contribution in [2.24, 2.45) is 0 Å². The minimum atomic E-state index is -0.823. The van der Waals surface area contributed by atoms with Gasteiger partial charge in [0.1, 0.15) is 5.82 Å². The average Bonchev–Trinajstić information content (AvgIpc) is 3.01. The summed E-state index contributed by atoms with van der Waals surface area (Å²) in [5, 5.41) is 0. The SMILES string of the molecule is CC=CCCC1OCC(c2ccc(-c3ccc(-c4ccc(CCCCCCCCCC)c(F)c4F)cc3)c(F)c2)CO1. The van der Waals surface area contributed by atoms with Crippen LogP contribution in [0.1, 0.15) is 95.1 Å². The van der Waals surface area contributed by atoms with E-state index in [1.807, 2.05) is 19.1 Å². The Hall–Kier alpha value is -2.89. The minimum Gasteiger partial charge on any atom is -0.352 e. The number of hydrogen-bond acceptors (Lipinski definition) is 2. The maximum Gasteiger partial charge on any atom is 0.166 e. The summed E-state index contributed by atoms with van der Waals surface area (Å²) in [6, 6.07) is 15.5. The van der Waals surface area contributed by atoms with Crippen molar-refractivity contribution in [2.45, 2.75) is 96.7 Å². The molecule has 0 amide bonds. The van der Waals surface area contributed by atoms with E-state index in [4.69, 9.17) is 9.47 Å². The summed E-state index contributed by atoms with van der Waals surface area (Å²) in [6.45, 7) is 5.19. The minimum absolute atomic E-state index is 0.0229. The van der Waals surface area contributed by atoms with Crippen LogP contribution in [0.2, 0.25) is 0 Å². The predicted octanol–water partition coefficient (Wildman–Crippen LogP) is 10.9. The van der Waals surface area contributed by atoms with Gasteiger partial charge in [-0.3, -0.25) is 0 Å². The zero-order chi connectivity index (χ0) is 29.7. The van der Waals surface area contributed by atoms with Gasteiger partial charge >= 0.3 is 0 Å². The fourth-order valence-corrected chi connectivity index (χ4v) is 5.60. The molecule has 0 aliphatic carbocycles. The van der Waals surface area contributed by atoms with Crippen LogP contribution in [0.25, 0.3) is 22.3 Å². The number of hydrogen-bond donors (Lipinski definition) is 0. The van der Waals surface area contributed by atoms with E-state index < -0.39 is 11.6 Å². The molecule has 3 aromatic carbocycles. The predicted molar refractivity (Wildman–Crippen MR) is 166 cm³/mol. The summed E-state index contributed by atoms with van der Waals surface area (Å²) in [6.07, 6.45) is 15.4. The monoisotopic (exact) mass is 578 g/mol. The first-order chi connectivity index (χ1) is 20.5. The second-order valence-electron chi connectivity index (χ2n) is 11.4. The highest BCUT2D eigenvalue weighted by molar-refractivity contribution is 5.71. The van der Waals surface area contributed by atoms with Crippen LogP contribution in [0.5, 0.6) is 0 Å². The van der Waals surface area contributed by atoms with Gasteiger partial charge in [-0.1, -0.05) is 113 Å². The van der Waals surface area contributed by atoms with Crippen molar-refractivity contribution >= 4 is 0 Å². The first-order valence-corrected chi connectivity index (χ1v) is 15.7. The Morgan fingerprint density at radius 1 is 0.738 bits per heavy atom. The summed E-state index contributed by atoms with van der Waals surface area (Å²) in [5.41, 5.74) is 3.18. The fourth-order valence-electron chi connectivity index (χ4n) is 5.60. The molecule has 4 rings (SSSR count). The third kappa shape index (κ3) is 8.81. The van der Waals surface area contributed by atoms with Crippen LogP contribution in [0.3, 0.4) is 0 Å². The van der Waals surface area contributed by atoms with Crippen LogP contribution in [0.4, 0.5) is 13.2 Å². The van der Waals surface area contributed by atoms with E-state index in [1.54, 1.807) is 48.5 Å². The van der Waals surface area contributed by atoms with Crippen LogP contribution < -0.4 is 0 Å². The molecule has 0 bridgehead atoms. The summed E-state index contributed by atoms with van der Waals surface area (Å²) in [7, 11) is 0. The molecule has 0 atom stereocenters. The highest BCUT2D eigenvalue weighted by Crippen LogP contribution is 2.32. The third-order valence-electron chi connectivity index (χ3n) is 8.20. The Labute approximate surface area is 250 Å². The molecule has 226 valence electrons. The first-order valence-electron chi connectivity index (χ1n) is 15.7. The highest BCUT2D eigenvalue weighted by atomic mass is 19.2. The topological polar surface area (TPSA) is 18.5 Å². The van der Waals surface area contributed by atoms with E-state index in [9.17, 15) is 4.39 Å². The van der Waals surface area contributed by atoms with Gasteiger partial charge in [0.05, 0.1) is 13.2 Å². The van der Waals surface area contributed by atoms with Crippen LogP contribution in [-0.4, -0.2) is 19.5 Å². The maximum atomic E-state index is 15.2. The molecule has 1 fully saturated rings. The molecule has 2 nitrogen and oxygen atoms in total. The molecule has 1 saturated heterocycles. The van der Waals surface area contributed by atoms with Crippen molar-refractivity contribution in [3.05, 3.63) is 95.3 Å². The van der Waals surface area contributed by atoms with Gasteiger partial charge in [-0.05, 0) is 54.5 Å². The Kier molecular flexibility index (Phi) is 12.7. The molecule has 0 radical (unpaired) electrons. The lowest BCUT2D eigenvalue weighted by molar-refractivity contribution is -0.189. The molecule has 0 saturated carbocycles. The molecular formula is C37H45F3O2. The second kappa shape index (κ2) is 16.7. The van der Waals surface area contributed by atoms with Gasteiger partial charge in [0.2, 0.25) is 0 Å². The number of allylic oxidation sites excluding steroid dienone is 2. The first kappa shape index (κ1) is 32.0. The van der Waals surface area contributed by atoms with Crippen molar-refractivity contribution in [3.8, 4) is 22.3 Å². The molecule has 0 spiro atoms. The van der Waals surface area contributed by atoms with Crippen LogP contribution in [-0.2, 0) is 15.9 Å². The maximum absolute atomic E-state index is 15.2. The molecule has 0 aromatic heterocycles. The average molecular weight is 579 g/mol. The van der Waals surface area contributed by atoms with E-state index in [1.165, 1.54) is 32.1 Å². The normalized spacial score (nSPS) is 17.3. The lowest BCUT2D eigenvalue weighted by atomic mass is 9.94. The van der Waals surface area contributed by atoms with Crippen LogP contribution >= 0.6 is 0 Å². The van der Waals surface area contributed by atoms with Crippen molar-refractivity contribution in [1.82, 2.24) is 0 Å². The number of rotatable bonds is 15. The summed E-state index contributed by atoms with van der Waals surface area (Å²) < 4.78 is 56.8. The number of aryl methyl sites for hydroxylation is 1. The van der Waals surface area contributed by atoms with E-state index in [0.29, 0.717) is 41.9 Å². The molecule has 5 heteroatoms. The smallest absolute Gasteiger partial charge is 0.166 e. The largest absolute Gasteiger partial charge is 0.352 e. The lowest BCUT2D eigenvalue weighted by Gasteiger charge is -2.29. The fraction of sp³-hybridized carbons (Fsp3) is 0.459. The Morgan fingerprint density at radius 2 is 1.36 bits per heavy atom.